The number of methoxy groups -OCH3 is 2. The van der Waals surface area contributed by atoms with Crippen molar-refractivity contribution in [3.8, 4) is 5.75 Å². The molecule has 0 unspecified atom stereocenters. The predicted octanol–water partition coefficient (Wildman–Crippen LogP) is 1.23. The van der Waals surface area contributed by atoms with Gasteiger partial charge in [-0.3, -0.25) is 4.79 Å². The molecule has 0 fully saturated rings. The third-order valence-corrected chi connectivity index (χ3v) is 2.75. The smallest absolute Gasteiger partial charge is 0.252 e. The Kier molecular flexibility index (Phi) is 3.10. The number of anilines is 1. The lowest BCUT2D eigenvalue weighted by Crippen LogP contribution is -2.31. The fourth-order valence-corrected chi connectivity index (χ4v) is 1.97. The van der Waals surface area contributed by atoms with E-state index in [9.17, 15) is 4.79 Å². The Morgan fingerprint density at radius 3 is 2.94 bits per heavy atom. The zero-order chi connectivity index (χ0) is 11.5. The highest BCUT2D eigenvalue weighted by atomic mass is 16.5. The van der Waals surface area contributed by atoms with Gasteiger partial charge in [-0.05, 0) is 30.2 Å². The quantitative estimate of drug-likeness (QED) is 0.770. The molecule has 86 valence electrons. The normalized spacial score (nSPS) is 13.8. The van der Waals surface area contributed by atoms with Crippen molar-refractivity contribution in [3.63, 3.8) is 0 Å². The molecule has 0 saturated heterocycles. The summed E-state index contributed by atoms with van der Waals surface area (Å²) in [5, 5.41) is 0. The van der Waals surface area contributed by atoms with Gasteiger partial charge >= 0.3 is 0 Å². The van der Waals surface area contributed by atoms with E-state index in [1.165, 1.54) is 7.11 Å². The molecule has 0 aromatic heterocycles. The first-order valence-corrected chi connectivity index (χ1v) is 5.22. The highest BCUT2D eigenvalue weighted by molar-refractivity contribution is 5.96. The summed E-state index contributed by atoms with van der Waals surface area (Å²) in [6.45, 7) is 0.857. The second-order valence-electron chi connectivity index (χ2n) is 3.72. The first-order chi connectivity index (χ1) is 7.76. The minimum atomic E-state index is 0.00594. The summed E-state index contributed by atoms with van der Waals surface area (Å²) in [7, 11) is 3.17. The molecule has 1 aromatic carbocycles. The Hall–Kier alpha value is -1.55. The van der Waals surface area contributed by atoms with Gasteiger partial charge in [0.2, 0.25) is 0 Å². The third kappa shape index (κ3) is 1.88. The maximum atomic E-state index is 11.7. The first kappa shape index (κ1) is 11.0. The summed E-state index contributed by atoms with van der Waals surface area (Å²) in [6.07, 6.45) is 0.877. The number of amides is 1. The second-order valence-corrected chi connectivity index (χ2v) is 3.72. The van der Waals surface area contributed by atoms with Crippen molar-refractivity contribution in [1.29, 1.82) is 0 Å². The molecule has 0 aliphatic carbocycles. The summed E-state index contributed by atoms with van der Waals surface area (Å²) in [4.78, 5) is 13.5. The average Bonchev–Trinajstić information content (AvgIpc) is 2.71. The van der Waals surface area contributed by atoms with E-state index in [4.69, 9.17) is 9.47 Å². The topological polar surface area (TPSA) is 38.8 Å². The van der Waals surface area contributed by atoms with Gasteiger partial charge in [0, 0.05) is 19.3 Å². The van der Waals surface area contributed by atoms with Crippen LogP contribution in [0.2, 0.25) is 0 Å². The lowest BCUT2D eigenvalue weighted by molar-refractivity contribution is -0.122. The Labute approximate surface area is 94.8 Å². The van der Waals surface area contributed by atoms with E-state index in [2.05, 4.69) is 0 Å². The molecule has 0 N–H and O–H groups in total. The van der Waals surface area contributed by atoms with E-state index in [1.54, 1.807) is 12.0 Å². The van der Waals surface area contributed by atoms with Crippen LogP contribution < -0.4 is 9.64 Å². The van der Waals surface area contributed by atoms with Gasteiger partial charge in [0.25, 0.3) is 5.91 Å². The Morgan fingerprint density at radius 1 is 1.44 bits per heavy atom. The van der Waals surface area contributed by atoms with Crippen LogP contribution in [-0.2, 0) is 16.0 Å². The van der Waals surface area contributed by atoms with Gasteiger partial charge in [0.05, 0.1) is 7.11 Å². The Balaban J connectivity index is 2.23. The summed E-state index contributed by atoms with van der Waals surface area (Å²) in [6, 6.07) is 5.78. The number of hydrogen-bond acceptors (Lipinski definition) is 3. The molecule has 0 bridgehead atoms. The number of ether oxygens (including phenoxy) is 2. The Morgan fingerprint density at radius 2 is 2.25 bits per heavy atom. The minimum absolute atomic E-state index is 0.00594. The zero-order valence-corrected chi connectivity index (χ0v) is 9.53. The number of benzene rings is 1. The van der Waals surface area contributed by atoms with Gasteiger partial charge in [0.15, 0.2) is 0 Å². The van der Waals surface area contributed by atoms with Crippen LogP contribution in [0, 0.1) is 0 Å². The molecular weight excluding hydrogens is 206 g/mol. The molecule has 0 radical (unpaired) electrons. The van der Waals surface area contributed by atoms with Crippen LogP contribution >= 0.6 is 0 Å². The number of carbonyl (C=O) groups is 1. The lowest BCUT2D eigenvalue weighted by atomic mass is 10.1. The van der Waals surface area contributed by atoms with Gasteiger partial charge in [-0.15, -0.1) is 0 Å². The molecule has 1 amide bonds. The van der Waals surface area contributed by atoms with Gasteiger partial charge in [-0.1, -0.05) is 0 Å². The molecule has 4 heteroatoms. The summed E-state index contributed by atoms with van der Waals surface area (Å²) >= 11 is 0. The predicted molar refractivity (Wildman–Crippen MR) is 60.9 cm³/mol. The van der Waals surface area contributed by atoms with Crippen molar-refractivity contribution in [2.24, 2.45) is 0 Å². The molecule has 0 saturated carbocycles. The van der Waals surface area contributed by atoms with Gasteiger partial charge in [-0.2, -0.15) is 0 Å². The van der Waals surface area contributed by atoms with E-state index in [-0.39, 0.29) is 12.5 Å². The van der Waals surface area contributed by atoms with E-state index < -0.39 is 0 Å². The van der Waals surface area contributed by atoms with Crippen molar-refractivity contribution >= 4 is 11.6 Å². The van der Waals surface area contributed by atoms with Crippen LogP contribution in [0.1, 0.15) is 5.56 Å². The molecule has 1 aromatic rings. The molecule has 16 heavy (non-hydrogen) atoms. The van der Waals surface area contributed by atoms with E-state index in [1.807, 2.05) is 18.2 Å². The average molecular weight is 221 g/mol. The van der Waals surface area contributed by atoms with Gasteiger partial charge in [0.1, 0.15) is 12.4 Å². The van der Waals surface area contributed by atoms with Crippen molar-refractivity contribution < 1.29 is 14.3 Å². The maximum Gasteiger partial charge on any atom is 0.252 e. The summed E-state index contributed by atoms with van der Waals surface area (Å²) < 4.78 is 10.0. The molecule has 2 rings (SSSR count). The van der Waals surface area contributed by atoms with E-state index >= 15 is 0 Å². The van der Waals surface area contributed by atoms with Gasteiger partial charge in [-0.25, -0.2) is 0 Å². The number of hydrogen-bond donors (Lipinski definition) is 0. The van der Waals surface area contributed by atoms with Crippen molar-refractivity contribution in [3.05, 3.63) is 23.8 Å². The number of nitrogens with zero attached hydrogens (tertiary/aromatic N) is 1. The lowest BCUT2D eigenvalue weighted by Gasteiger charge is -2.16. The largest absolute Gasteiger partial charge is 0.497 e. The monoisotopic (exact) mass is 221 g/mol. The van der Waals surface area contributed by atoms with Crippen LogP contribution in [0.5, 0.6) is 5.75 Å². The molecule has 1 heterocycles. The summed E-state index contributed by atoms with van der Waals surface area (Å²) in [5.41, 5.74) is 2.13. The van der Waals surface area contributed by atoms with Crippen LogP contribution in [0.15, 0.2) is 18.2 Å². The molecule has 1 aliphatic heterocycles. The fraction of sp³-hybridized carbons (Fsp3) is 0.417. The number of carbonyl (C=O) groups excluding carboxylic acids is 1. The SMILES string of the molecule is COCC(=O)N1CCc2cc(OC)ccc21. The first-order valence-electron chi connectivity index (χ1n) is 5.22. The fourth-order valence-electron chi connectivity index (χ4n) is 1.97. The van der Waals surface area contributed by atoms with Crippen LogP contribution in [0.3, 0.4) is 0 Å². The van der Waals surface area contributed by atoms with Crippen LogP contribution in [0.25, 0.3) is 0 Å². The third-order valence-electron chi connectivity index (χ3n) is 2.75. The molecule has 1 aliphatic rings. The summed E-state index contributed by atoms with van der Waals surface area (Å²) in [5.74, 6) is 0.839. The molecule has 0 atom stereocenters. The highest BCUT2D eigenvalue weighted by Gasteiger charge is 2.24. The Bertz CT molecular complexity index is 403. The minimum Gasteiger partial charge on any atom is -0.497 e. The molecule has 0 spiro atoms. The van der Waals surface area contributed by atoms with E-state index in [0.29, 0.717) is 0 Å². The number of rotatable bonds is 3. The maximum absolute atomic E-state index is 11.7. The molecular formula is C12H15NO3. The van der Waals surface area contributed by atoms with Crippen LogP contribution in [0.4, 0.5) is 5.69 Å². The van der Waals surface area contributed by atoms with Gasteiger partial charge < -0.3 is 14.4 Å². The molecule has 4 nitrogen and oxygen atoms in total. The number of fused-ring (bicyclic) bond motifs is 1. The second kappa shape index (κ2) is 4.53. The van der Waals surface area contributed by atoms with Crippen LogP contribution in [-0.4, -0.2) is 33.3 Å². The van der Waals surface area contributed by atoms with E-state index in [0.717, 1.165) is 30.0 Å². The van der Waals surface area contributed by atoms with Crippen molar-refractivity contribution in [2.75, 3.05) is 32.3 Å². The van der Waals surface area contributed by atoms with Crippen molar-refractivity contribution in [1.82, 2.24) is 0 Å². The van der Waals surface area contributed by atoms with Crippen molar-refractivity contribution in [2.45, 2.75) is 6.42 Å². The zero-order valence-electron chi connectivity index (χ0n) is 9.53. The standard InChI is InChI=1S/C12H15NO3/c1-15-8-12(14)13-6-5-9-7-10(16-2)3-4-11(9)13/h3-4,7H,5-6,8H2,1-2H3. The highest BCUT2D eigenvalue weighted by Crippen LogP contribution is 2.31.